The average molecular weight is 366 g/mol. The summed E-state index contributed by atoms with van der Waals surface area (Å²) in [7, 11) is 2.91. The van der Waals surface area contributed by atoms with Crippen LogP contribution in [-0.2, 0) is 9.53 Å². The monoisotopic (exact) mass is 366 g/mol. The molecule has 0 aromatic heterocycles. The number of amides is 2. The van der Waals surface area contributed by atoms with Gasteiger partial charge in [-0.1, -0.05) is 38.3 Å². The number of ether oxygens (including phenoxy) is 2. The van der Waals surface area contributed by atoms with Gasteiger partial charge in [-0.2, -0.15) is 0 Å². The van der Waals surface area contributed by atoms with Crippen molar-refractivity contribution in [2.45, 2.75) is 44.0 Å². The predicted molar refractivity (Wildman–Crippen MR) is 100 cm³/mol. The Hall–Kier alpha value is -1.89. The molecule has 0 radical (unpaired) electrons. The van der Waals surface area contributed by atoms with Crippen molar-refractivity contribution in [3.63, 3.8) is 0 Å². The maximum Gasteiger partial charge on any atom is 0.329 e. The third-order valence-electron chi connectivity index (χ3n) is 4.20. The van der Waals surface area contributed by atoms with Crippen molar-refractivity contribution in [2.24, 2.45) is 0 Å². The van der Waals surface area contributed by atoms with Gasteiger partial charge < -0.3 is 14.8 Å². The van der Waals surface area contributed by atoms with Gasteiger partial charge in [0.15, 0.2) is 0 Å². The Bertz CT molecular complexity index is 596. The Morgan fingerprint density at radius 3 is 2.72 bits per heavy atom. The lowest BCUT2D eigenvalue weighted by molar-refractivity contribution is -0.144. The minimum Gasteiger partial charge on any atom is -0.495 e. The fraction of sp³-hybridized carbons (Fsp3) is 0.556. The first-order chi connectivity index (χ1) is 12.1. The topological polar surface area (TPSA) is 67.9 Å². The van der Waals surface area contributed by atoms with Gasteiger partial charge in [-0.3, -0.25) is 4.90 Å². The number of thioether (sulfide) groups is 1. The molecule has 1 N–H and O–H groups in total. The highest BCUT2D eigenvalue weighted by atomic mass is 32.2. The van der Waals surface area contributed by atoms with E-state index in [4.69, 9.17) is 9.47 Å². The maximum absolute atomic E-state index is 12.9. The molecular formula is C18H26N2O4S. The average Bonchev–Trinajstić information content (AvgIpc) is 3.05. The standard InChI is InChI=1S/C18H26N2O4S/c1-4-5-6-11-16-20(14(12-25-16)17(21)24-3)18(22)19-13-9-7-8-10-15(13)23-2/h7-10,14,16H,4-6,11-12H2,1-3H3,(H,19,22). The number of nitrogens with one attached hydrogen (secondary N) is 1. The summed E-state index contributed by atoms with van der Waals surface area (Å²) >= 11 is 1.63. The van der Waals surface area contributed by atoms with Crippen LogP contribution in [0.2, 0.25) is 0 Å². The van der Waals surface area contributed by atoms with Crippen LogP contribution < -0.4 is 10.1 Å². The zero-order chi connectivity index (χ0) is 18.2. The van der Waals surface area contributed by atoms with E-state index in [0.717, 1.165) is 25.7 Å². The lowest BCUT2D eigenvalue weighted by Gasteiger charge is -2.28. The number of rotatable bonds is 7. The molecule has 0 spiro atoms. The SMILES string of the molecule is CCCCCC1SCC(C(=O)OC)N1C(=O)Nc1ccccc1OC. The molecule has 1 aromatic rings. The second-order valence-corrected chi connectivity index (χ2v) is 7.07. The van der Waals surface area contributed by atoms with Crippen molar-refractivity contribution < 1.29 is 19.1 Å². The number of hydrogen-bond donors (Lipinski definition) is 1. The summed E-state index contributed by atoms with van der Waals surface area (Å²) in [5, 5.41) is 2.85. The van der Waals surface area contributed by atoms with E-state index in [1.165, 1.54) is 7.11 Å². The number of unbranched alkanes of at least 4 members (excludes halogenated alkanes) is 2. The van der Waals surface area contributed by atoms with E-state index in [9.17, 15) is 9.59 Å². The van der Waals surface area contributed by atoms with Crippen LogP contribution in [0.25, 0.3) is 0 Å². The first kappa shape index (κ1) is 19.4. The van der Waals surface area contributed by atoms with E-state index >= 15 is 0 Å². The van der Waals surface area contributed by atoms with Crippen LogP contribution in [0, 0.1) is 0 Å². The van der Waals surface area contributed by atoms with Crippen LogP contribution in [-0.4, -0.2) is 48.3 Å². The quantitative estimate of drug-likeness (QED) is 0.588. The Morgan fingerprint density at radius 1 is 1.28 bits per heavy atom. The third kappa shape index (κ3) is 4.81. The molecule has 1 aliphatic rings. The largest absolute Gasteiger partial charge is 0.495 e. The highest BCUT2D eigenvalue weighted by Crippen LogP contribution is 2.34. The van der Waals surface area contributed by atoms with E-state index in [2.05, 4.69) is 12.2 Å². The summed E-state index contributed by atoms with van der Waals surface area (Å²) in [6.45, 7) is 2.14. The minimum absolute atomic E-state index is 0.0228. The van der Waals surface area contributed by atoms with E-state index in [0.29, 0.717) is 17.2 Å². The number of nitrogens with zero attached hydrogens (tertiary/aromatic N) is 1. The molecule has 1 heterocycles. The highest BCUT2D eigenvalue weighted by Gasteiger charge is 2.42. The van der Waals surface area contributed by atoms with E-state index in [1.54, 1.807) is 35.9 Å². The molecule has 1 aromatic carbocycles. The van der Waals surface area contributed by atoms with Crippen molar-refractivity contribution in [1.82, 2.24) is 4.90 Å². The van der Waals surface area contributed by atoms with Gasteiger partial charge in [-0.25, -0.2) is 9.59 Å². The number of methoxy groups -OCH3 is 2. The highest BCUT2D eigenvalue weighted by molar-refractivity contribution is 8.00. The van der Waals surface area contributed by atoms with Crippen molar-refractivity contribution in [2.75, 3.05) is 25.3 Å². The Kier molecular flexibility index (Phi) is 7.43. The smallest absolute Gasteiger partial charge is 0.329 e. The van der Waals surface area contributed by atoms with Gasteiger partial charge in [-0.05, 0) is 18.6 Å². The van der Waals surface area contributed by atoms with Crippen LogP contribution in [0.5, 0.6) is 5.75 Å². The Balaban J connectivity index is 2.15. The molecule has 2 unspecified atom stereocenters. The lowest BCUT2D eigenvalue weighted by atomic mass is 10.2. The van der Waals surface area contributed by atoms with Crippen LogP contribution in [0.3, 0.4) is 0 Å². The molecule has 2 amide bonds. The van der Waals surface area contributed by atoms with Gasteiger partial charge in [0, 0.05) is 5.75 Å². The van der Waals surface area contributed by atoms with Crippen LogP contribution in [0.1, 0.15) is 32.6 Å². The van der Waals surface area contributed by atoms with E-state index in [1.807, 2.05) is 12.1 Å². The molecule has 138 valence electrons. The molecule has 2 atom stereocenters. The molecule has 1 fully saturated rings. The van der Waals surface area contributed by atoms with Crippen molar-refractivity contribution >= 4 is 29.4 Å². The van der Waals surface area contributed by atoms with E-state index < -0.39 is 6.04 Å². The molecular weight excluding hydrogens is 340 g/mol. The number of urea groups is 1. The fourth-order valence-corrected chi connectivity index (χ4v) is 4.31. The van der Waals surface area contributed by atoms with Gasteiger partial charge in [0.05, 0.1) is 25.3 Å². The molecule has 7 heteroatoms. The molecule has 0 aliphatic carbocycles. The Labute approximate surface area is 153 Å². The van der Waals surface area contributed by atoms with E-state index in [-0.39, 0.29) is 17.4 Å². The van der Waals surface area contributed by atoms with Crippen molar-refractivity contribution in [3.8, 4) is 5.75 Å². The lowest BCUT2D eigenvalue weighted by Crippen LogP contribution is -2.48. The van der Waals surface area contributed by atoms with Gasteiger partial charge in [0.25, 0.3) is 0 Å². The number of benzene rings is 1. The summed E-state index contributed by atoms with van der Waals surface area (Å²) in [5.41, 5.74) is 0.586. The van der Waals surface area contributed by atoms with Gasteiger partial charge in [0.2, 0.25) is 0 Å². The molecule has 1 aliphatic heterocycles. The summed E-state index contributed by atoms with van der Waals surface area (Å²) in [4.78, 5) is 26.6. The number of hydrogen-bond acceptors (Lipinski definition) is 5. The number of anilines is 1. The molecule has 0 saturated carbocycles. The molecule has 2 rings (SSSR count). The zero-order valence-electron chi connectivity index (χ0n) is 15.0. The van der Waals surface area contributed by atoms with Gasteiger partial charge >= 0.3 is 12.0 Å². The second kappa shape index (κ2) is 9.56. The third-order valence-corrected chi connectivity index (χ3v) is 5.56. The van der Waals surface area contributed by atoms with Crippen LogP contribution >= 0.6 is 11.8 Å². The van der Waals surface area contributed by atoms with Crippen molar-refractivity contribution in [1.29, 1.82) is 0 Å². The van der Waals surface area contributed by atoms with Crippen LogP contribution in [0.15, 0.2) is 24.3 Å². The fourth-order valence-electron chi connectivity index (χ4n) is 2.87. The number of carbonyl (C=O) groups is 2. The first-order valence-corrected chi connectivity index (χ1v) is 9.59. The molecule has 0 bridgehead atoms. The predicted octanol–water partition coefficient (Wildman–Crippen LogP) is 3.72. The summed E-state index contributed by atoms with van der Waals surface area (Å²) < 4.78 is 10.2. The summed E-state index contributed by atoms with van der Waals surface area (Å²) in [5.74, 6) is 0.767. The molecule has 25 heavy (non-hydrogen) atoms. The number of esters is 1. The second-order valence-electron chi connectivity index (χ2n) is 5.86. The summed E-state index contributed by atoms with van der Waals surface area (Å²) in [6.07, 6.45) is 4.12. The zero-order valence-corrected chi connectivity index (χ0v) is 15.8. The number of para-hydroxylation sites is 2. The molecule has 1 saturated heterocycles. The number of carbonyl (C=O) groups excluding carboxylic acids is 2. The van der Waals surface area contributed by atoms with Gasteiger partial charge in [0.1, 0.15) is 11.8 Å². The minimum atomic E-state index is -0.559. The summed E-state index contributed by atoms with van der Waals surface area (Å²) in [6, 6.07) is 6.37. The molecule has 6 nitrogen and oxygen atoms in total. The Morgan fingerprint density at radius 2 is 2.04 bits per heavy atom. The normalized spacial score (nSPS) is 19.6. The van der Waals surface area contributed by atoms with Crippen molar-refractivity contribution in [3.05, 3.63) is 24.3 Å². The first-order valence-electron chi connectivity index (χ1n) is 8.54. The van der Waals surface area contributed by atoms with Gasteiger partial charge in [-0.15, -0.1) is 11.8 Å². The maximum atomic E-state index is 12.9. The van der Waals surface area contributed by atoms with Crippen LogP contribution in [0.4, 0.5) is 10.5 Å².